The molecule has 3 heterocycles. The van der Waals surface area contributed by atoms with Crippen molar-refractivity contribution in [3.8, 4) is 34.2 Å². The minimum atomic E-state index is -0.321. The number of hydrogen-bond donors (Lipinski definition) is 0. The number of hydrogen-bond acceptors (Lipinski definition) is 6. The van der Waals surface area contributed by atoms with Crippen LogP contribution < -0.4 is 14.2 Å². The van der Waals surface area contributed by atoms with Gasteiger partial charge >= 0.3 is 0 Å². The lowest BCUT2D eigenvalue weighted by Crippen LogP contribution is -2.48. The van der Waals surface area contributed by atoms with Crippen LogP contribution in [0.25, 0.3) is 16.9 Å². The summed E-state index contributed by atoms with van der Waals surface area (Å²) in [7, 11) is 1.61. The van der Waals surface area contributed by atoms with Gasteiger partial charge in [0.1, 0.15) is 17.3 Å². The van der Waals surface area contributed by atoms with Gasteiger partial charge in [0.2, 0.25) is 6.79 Å². The summed E-state index contributed by atoms with van der Waals surface area (Å²) in [6, 6.07) is 21.3. The van der Waals surface area contributed by atoms with Crippen LogP contribution in [0.4, 0.5) is 4.39 Å². The maximum atomic E-state index is 13.7. The molecule has 0 saturated carbocycles. The van der Waals surface area contributed by atoms with Gasteiger partial charge in [-0.15, -0.1) is 0 Å². The number of methoxy groups -OCH3 is 1. The smallest absolute Gasteiger partial charge is 0.272 e. The molecule has 2 aliphatic heterocycles. The topological polar surface area (TPSA) is 69.1 Å². The van der Waals surface area contributed by atoms with Crippen molar-refractivity contribution >= 4 is 5.91 Å². The Kier molecular flexibility index (Phi) is 6.43. The van der Waals surface area contributed by atoms with Gasteiger partial charge in [0, 0.05) is 38.3 Å². The molecule has 1 saturated heterocycles. The van der Waals surface area contributed by atoms with Crippen molar-refractivity contribution in [3.05, 3.63) is 89.9 Å². The number of rotatable bonds is 6. The lowest BCUT2D eigenvalue weighted by atomic mass is 10.1. The van der Waals surface area contributed by atoms with Crippen LogP contribution in [0.5, 0.6) is 17.2 Å². The average molecular weight is 515 g/mol. The summed E-state index contributed by atoms with van der Waals surface area (Å²) in [6.07, 6.45) is 0. The summed E-state index contributed by atoms with van der Waals surface area (Å²) in [5.41, 5.74) is 3.69. The summed E-state index contributed by atoms with van der Waals surface area (Å²) in [5, 5.41) is 4.72. The Morgan fingerprint density at radius 3 is 2.39 bits per heavy atom. The Labute approximate surface area is 219 Å². The van der Waals surface area contributed by atoms with E-state index in [1.807, 2.05) is 41.3 Å². The van der Waals surface area contributed by atoms with Crippen molar-refractivity contribution in [1.82, 2.24) is 19.6 Å². The summed E-state index contributed by atoms with van der Waals surface area (Å²) in [4.78, 5) is 17.9. The molecule has 9 heteroatoms. The van der Waals surface area contributed by atoms with Crippen molar-refractivity contribution in [1.29, 1.82) is 0 Å². The number of carbonyl (C=O) groups excluding carboxylic acids is 1. The number of fused-ring (bicyclic) bond motifs is 1. The van der Waals surface area contributed by atoms with Crippen molar-refractivity contribution < 1.29 is 23.4 Å². The van der Waals surface area contributed by atoms with Crippen LogP contribution in [-0.4, -0.2) is 65.6 Å². The number of halogens is 1. The molecule has 3 aromatic carbocycles. The number of carbonyl (C=O) groups is 1. The summed E-state index contributed by atoms with van der Waals surface area (Å²) in [6.45, 7) is 3.74. The van der Waals surface area contributed by atoms with Crippen LogP contribution in [0.3, 0.4) is 0 Å². The minimum absolute atomic E-state index is 0.0931. The van der Waals surface area contributed by atoms with Crippen LogP contribution in [0.2, 0.25) is 0 Å². The van der Waals surface area contributed by atoms with Crippen LogP contribution in [0, 0.1) is 5.82 Å². The van der Waals surface area contributed by atoms with E-state index in [0.29, 0.717) is 30.2 Å². The molecule has 0 radical (unpaired) electrons. The third kappa shape index (κ3) is 4.80. The zero-order valence-corrected chi connectivity index (χ0v) is 21.0. The second-order valence-corrected chi connectivity index (χ2v) is 9.29. The molecule has 1 amide bonds. The second-order valence-electron chi connectivity index (χ2n) is 9.29. The fraction of sp³-hybridized carbons (Fsp3) is 0.241. The molecule has 0 N–H and O–H groups in total. The summed E-state index contributed by atoms with van der Waals surface area (Å²) in [5.74, 6) is 1.85. The van der Waals surface area contributed by atoms with Gasteiger partial charge in [0.15, 0.2) is 11.5 Å². The molecular weight excluding hydrogens is 487 g/mol. The van der Waals surface area contributed by atoms with Crippen molar-refractivity contribution in [3.63, 3.8) is 0 Å². The maximum Gasteiger partial charge on any atom is 0.272 e. The number of amides is 1. The lowest BCUT2D eigenvalue weighted by Gasteiger charge is -2.34. The third-order valence-corrected chi connectivity index (χ3v) is 6.89. The zero-order valence-electron chi connectivity index (χ0n) is 21.0. The summed E-state index contributed by atoms with van der Waals surface area (Å²) < 4.78 is 31.3. The number of piperazine rings is 1. The Morgan fingerprint density at radius 2 is 1.66 bits per heavy atom. The van der Waals surface area contributed by atoms with Gasteiger partial charge in [0.05, 0.1) is 18.5 Å². The van der Waals surface area contributed by atoms with Gasteiger partial charge in [-0.25, -0.2) is 9.07 Å². The normalized spacial score (nSPS) is 15.1. The summed E-state index contributed by atoms with van der Waals surface area (Å²) >= 11 is 0. The van der Waals surface area contributed by atoms with Crippen LogP contribution in [-0.2, 0) is 6.54 Å². The van der Waals surface area contributed by atoms with Gasteiger partial charge in [-0.3, -0.25) is 9.69 Å². The highest BCUT2D eigenvalue weighted by atomic mass is 19.1. The largest absolute Gasteiger partial charge is 0.497 e. The number of aromatic nitrogens is 2. The van der Waals surface area contributed by atoms with E-state index in [9.17, 15) is 9.18 Å². The predicted molar refractivity (Wildman–Crippen MR) is 139 cm³/mol. The standard InChI is InChI=1S/C29H27FN4O4/c1-36-24-9-7-23(8-10-24)34-26(17-25(31-34)21-3-5-22(30)6-4-21)29(35)33-14-12-32(13-15-33)18-20-2-11-27-28(16-20)38-19-37-27/h2-11,16-17H,12-15,18-19H2,1H3. The van der Waals surface area contributed by atoms with Gasteiger partial charge in [-0.05, 0) is 72.3 Å². The fourth-order valence-electron chi connectivity index (χ4n) is 4.78. The molecule has 4 aromatic rings. The van der Waals surface area contributed by atoms with Crippen LogP contribution >= 0.6 is 0 Å². The maximum absolute atomic E-state index is 13.7. The first-order valence-electron chi connectivity index (χ1n) is 12.5. The fourth-order valence-corrected chi connectivity index (χ4v) is 4.78. The van der Waals surface area contributed by atoms with E-state index in [1.165, 1.54) is 12.1 Å². The Bertz CT molecular complexity index is 1440. The zero-order chi connectivity index (χ0) is 26.1. The van der Waals surface area contributed by atoms with Gasteiger partial charge in [-0.1, -0.05) is 6.07 Å². The molecule has 194 valence electrons. The SMILES string of the molecule is COc1ccc(-n2nc(-c3ccc(F)cc3)cc2C(=O)N2CCN(Cc3ccc4c(c3)OCO4)CC2)cc1. The number of ether oxygens (including phenoxy) is 3. The minimum Gasteiger partial charge on any atom is -0.497 e. The first-order valence-corrected chi connectivity index (χ1v) is 12.5. The molecule has 0 bridgehead atoms. The first kappa shape index (κ1) is 24.0. The molecular formula is C29H27FN4O4. The van der Waals surface area contributed by atoms with Gasteiger partial charge in [-0.2, -0.15) is 5.10 Å². The molecule has 6 rings (SSSR count). The van der Waals surface area contributed by atoms with E-state index < -0.39 is 0 Å². The monoisotopic (exact) mass is 514 g/mol. The third-order valence-electron chi connectivity index (χ3n) is 6.89. The average Bonchev–Trinajstić information content (AvgIpc) is 3.61. The Balaban J connectivity index is 1.21. The van der Waals surface area contributed by atoms with E-state index in [0.717, 1.165) is 47.9 Å². The lowest BCUT2D eigenvalue weighted by molar-refractivity contribution is 0.0619. The van der Waals surface area contributed by atoms with Crippen molar-refractivity contribution in [2.45, 2.75) is 6.54 Å². The van der Waals surface area contributed by atoms with Gasteiger partial charge in [0.25, 0.3) is 5.91 Å². The Hall–Kier alpha value is -4.37. The highest BCUT2D eigenvalue weighted by molar-refractivity contribution is 5.94. The molecule has 1 aromatic heterocycles. The molecule has 0 aliphatic carbocycles. The first-order chi connectivity index (χ1) is 18.6. The highest BCUT2D eigenvalue weighted by Crippen LogP contribution is 2.33. The van der Waals surface area contributed by atoms with E-state index in [2.05, 4.69) is 11.0 Å². The van der Waals surface area contributed by atoms with Crippen molar-refractivity contribution in [2.24, 2.45) is 0 Å². The molecule has 0 spiro atoms. The van der Waals surface area contributed by atoms with E-state index >= 15 is 0 Å². The molecule has 8 nitrogen and oxygen atoms in total. The van der Waals surface area contributed by atoms with E-state index in [-0.39, 0.29) is 18.5 Å². The van der Waals surface area contributed by atoms with Crippen LogP contribution in [0.15, 0.2) is 72.8 Å². The molecule has 1 fully saturated rings. The predicted octanol–water partition coefficient (Wildman–Crippen LogP) is 4.37. The number of benzene rings is 3. The Morgan fingerprint density at radius 1 is 0.921 bits per heavy atom. The van der Waals surface area contributed by atoms with E-state index in [1.54, 1.807) is 30.0 Å². The molecule has 0 unspecified atom stereocenters. The van der Waals surface area contributed by atoms with Crippen LogP contribution in [0.1, 0.15) is 16.1 Å². The molecule has 38 heavy (non-hydrogen) atoms. The molecule has 0 atom stereocenters. The number of nitrogens with zero attached hydrogens (tertiary/aromatic N) is 4. The van der Waals surface area contributed by atoms with E-state index in [4.69, 9.17) is 19.3 Å². The quantitative estimate of drug-likeness (QED) is 0.381. The van der Waals surface area contributed by atoms with Crippen molar-refractivity contribution in [2.75, 3.05) is 40.1 Å². The second kappa shape index (κ2) is 10.2. The molecule has 2 aliphatic rings. The highest BCUT2D eigenvalue weighted by Gasteiger charge is 2.27. The van der Waals surface area contributed by atoms with Gasteiger partial charge < -0.3 is 19.1 Å².